The summed E-state index contributed by atoms with van der Waals surface area (Å²) in [5.74, 6) is 1.37. The van der Waals surface area contributed by atoms with Crippen molar-refractivity contribution in [1.29, 1.82) is 0 Å². The van der Waals surface area contributed by atoms with Crippen LogP contribution in [0.15, 0.2) is 48.8 Å². The molecule has 21 heavy (non-hydrogen) atoms. The maximum Gasteiger partial charge on any atom is 0.162 e. The molecule has 0 unspecified atom stereocenters. The molecule has 0 amide bonds. The SMILES string of the molecule is C[C@@H](O)CNc1nc(-c2ccncc2)nc2ccccc12. The summed E-state index contributed by atoms with van der Waals surface area (Å²) in [5, 5.41) is 13.6. The van der Waals surface area contributed by atoms with Crippen LogP contribution in [0.25, 0.3) is 22.3 Å². The summed E-state index contributed by atoms with van der Waals surface area (Å²) in [6, 6.07) is 11.6. The Kier molecular flexibility index (Phi) is 3.75. The average Bonchev–Trinajstić information content (AvgIpc) is 2.53. The van der Waals surface area contributed by atoms with Crippen molar-refractivity contribution >= 4 is 16.7 Å². The Morgan fingerprint density at radius 3 is 2.62 bits per heavy atom. The van der Waals surface area contributed by atoms with E-state index < -0.39 is 6.10 Å². The second-order valence-corrected chi connectivity index (χ2v) is 4.88. The second kappa shape index (κ2) is 5.85. The molecule has 3 rings (SSSR count). The van der Waals surface area contributed by atoms with Gasteiger partial charge in [-0.2, -0.15) is 0 Å². The van der Waals surface area contributed by atoms with E-state index in [2.05, 4.69) is 20.3 Å². The van der Waals surface area contributed by atoms with Crippen LogP contribution in [-0.2, 0) is 0 Å². The lowest BCUT2D eigenvalue weighted by atomic mass is 10.2. The minimum atomic E-state index is -0.442. The van der Waals surface area contributed by atoms with Crippen LogP contribution in [0.1, 0.15) is 6.92 Å². The van der Waals surface area contributed by atoms with E-state index in [1.54, 1.807) is 19.3 Å². The number of para-hydroxylation sites is 1. The molecule has 0 aliphatic heterocycles. The van der Waals surface area contributed by atoms with Crippen molar-refractivity contribution in [3.8, 4) is 11.4 Å². The molecule has 0 aliphatic rings. The number of pyridine rings is 1. The maximum absolute atomic E-state index is 9.46. The Balaban J connectivity index is 2.10. The van der Waals surface area contributed by atoms with E-state index in [4.69, 9.17) is 0 Å². The minimum Gasteiger partial charge on any atom is -0.392 e. The van der Waals surface area contributed by atoms with Crippen LogP contribution in [-0.4, -0.2) is 32.7 Å². The average molecular weight is 280 g/mol. The van der Waals surface area contributed by atoms with Gasteiger partial charge in [-0.05, 0) is 31.2 Å². The molecule has 5 nitrogen and oxygen atoms in total. The monoisotopic (exact) mass is 280 g/mol. The zero-order valence-corrected chi connectivity index (χ0v) is 11.7. The van der Waals surface area contributed by atoms with Crippen molar-refractivity contribution in [2.75, 3.05) is 11.9 Å². The fraction of sp³-hybridized carbons (Fsp3) is 0.188. The number of hydrogen-bond donors (Lipinski definition) is 2. The summed E-state index contributed by atoms with van der Waals surface area (Å²) in [6.07, 6.45) is 3.00. The molecule has 3 aromatic rings. The molecule has 0 fully saturated rings. The fourth-order valence-corrected chi connectivity index (χ4v) is 2.09. The van der Waals surface area contributed by atoms with E-state index >= 15 is 0 Å². The summed E-state index contributed by atoms with van der Waals surface area (Å²) in [4.78, 5) is 13.2. The number of fused-ring (bicyclic) bond motifs is 1. The smallest absolute Gasteiger partial charge is 0.162 e. The molecular formula is C16H16N4O. The van der Waals surface area contributed by atoms with Gasteiger partial charge in [0.2, 0.25) is 0 Å². The lowest BCUT2D eigenvalue weighted by Gasteiger charge is -2.12. The molecule has 0 spiro atoms. The van der Waals surface area contributed by atoms with Crippen LogP contribution in [0.2, 0.25) is 0 Å². The van der Waals surface area contributed by atoms with Gasteiger partial charge in [0, 0.05) is 29.9 Å². The summed E-state index contributed by atoms with van der Waals surface area (Å²) >= 11 is 0. The summed E-state index contributed by atoms with van der Waals surface area (Å²) in [6.45, 7) is 2.18. The van der Waals surface area contributed by atoms with Crippen LogP contribution in [0.4, 0.5) is 5.82 Å². The van der Waals surface area contributed by atoms with Gasteiger partial charge in [-0.25, -0.2) is 9.97 Å². The molecule has 106 valence electrons. The number of anilines is 1. The van der Waals surface area contributed by atoms with Crippen molar-refractivity contribution in [3.05, 3.63) is 48.8 Å². The van der Waals surface area contributed by atoms with E-state index in [9.17, 15) is 5.11 Å². The first-order valence-corrected chi connectivity index (χ1v) is 6.83. The molecule has 1 atom stereocenters. The molecule has 0 saturated carbocycles. The predicted molar refractivity (Wildman–Crippen MR) is 82.9 cm³/mol. The number of hydrogen-bond acceptors (Lipinski definition) is 5. The quantitative estimate of drug-likeness (QED) is 0.768. The number of aliphatic hydroxyl groups excluding tert-OH is 1. The third kappa shape index (κ3) is 2.98. The van der Waals surface area contributed by atoms with Crippen molar-refractivity contribution in [2.45, 2.75) is 13.0 Å². The van der Waals surface area contributed by atoms with E-state index in [1.165, 1.54) is 0 Å². The van der Waals surface area contributed by atoms with Crippen molar-refractivity contribution in [3.63, 3.8) is 0 Å². The first kappa shape index (κ1) is 13.5. The number of aliphatic hydroxyl groups is 1. The molecule has 5 heteroatoms. The van der Waals surface area contributed by atoms with Gasteiger partial charge in [0.25, 0.3) is 0 Å². The van der Waals surface area contributed by atoms with Crippen LogP contribution < -0.4 is 5.32 Å². The van der Waals surface area contributed by atoms with Gasteiger partial charge >= 0.3 is 0 Å². The van der Waals surface area contributed by atoms with Crippen LogP contribution in [0.5, 0.6) is 0 Å². The molecule has 2 N–H and O–H groups in total. The normalized spacial score (nSPS) is 12.3. The molecule has 0 bridgehead atoms. The Bertz CT molecular complexity index is 744. The first-order valence-electron chi connectivity index (χ1n) is 6.83. The second-order valence-electron chi connectivity index (χ2n) is 4.88. The van der Waals surface area contributed by atoms with E-state index in [-0.39, 0.29) is 0 Å². The highest BCUT2D eigenvalue weighted by Gasteiger charge is 2.09. The lowest BCUT2D eigenvalue weighted by Crippen LogP contribution is -2.16. The number of nitrogens with zero attached hydrogens (tertiary/aromatic N) is 3. The van der Waals surface area contributed by atoms with Crippen molar-refractivity contribution in [2.24, 2.45) is 0 Å². The maximum atomic E-state index is 9.46. The first-order chi connectivity index (χ1) is 10.2. The topological polar surface area (TPSA) is 70.9 Å². The lowest BCUT2D eigenvalue weighted by molar-refractivity contribution is 0.208. The summed E-state index contributed by atoms with van der Waals surface area (Å²) in [5.41, 5.74) is 1.78. The molecule has 1 aromatic carbocycles. The van der Waals surface area contributed by atoms with Crippen LogP contribution in [0.3, 0.4) is 0 Å². The zero-order valence-electron chi connectivity index (χ0n) is 11.7. The molecule has 0 aliphatic carbocycles. The van der Waals surface area contributed by atoms with Gasteiger partial charge in [0.1, 0.15) is 5.82 Å². The highest BCUT2D eigenvalue weighted by Crippen LogP contribution is 2.24. The zero-order chi connectivity index (χ0) is 14.7. The van der Waals surface area contributed by atoms with Crippen molar-refractivity contribution < 1.29 is 5.11 Å². The third-order valence-corrected chi connectivity index (χ3v) is 3.11. The fourth-order valence-electron chi connectivity index (χ4n) is 2.09. The molecule has 2 heterocycles. The van der Waals surface area contributed by atoms with E-state index in [0.717, 1.165) is 22.3 Å². The minimum absolute atomic E-state index is 0.441. The standard InChI is InChI=1S/C16H16N4O/c1-11(21)10-18-16-13-4-2-3-5-14(13)19-15(20-16)12-6-8-17-9-7-12/h2-9,11,21H,10H2,1H3,(H,18,19,20)/t11-/m1/s1. The van der Waals surface area contributed by atoms with Gasteiger partial charge in [0.05, 0.1) is 11.6 Å². The van der Waals surface area contributed by atoms with Crippen molar-refractivity contribution in [1.82, 2.24) is 15.0 Å². The molecule has 0 radical (unpaired) electrons. The van der Waals surface area contributed by atoms with Gasteiger partial charge in [-0.15, -0.1) is 0 Å². The third-order valence-electron chi connectivity index (χ3n) is 3.11. The summed E-state index contributed by atoms with van der Waals surface area (Å²) in [7, 11) is 0. The predicted octanol–water partition coefficient (Wildman–Crippen LogP) is 2.48. The van der Waals surface area contributed by atoms with E-state index in [0.29, 0.717) is 12.4 Å². The van der Waals surface area contributed by atoms with Gasteiger partial charge in [-0.1, -0.05) is 12.1 Å². The van der Waals surface area contributed by atoms with Gasteiger partial charge in [0.15, 0.2) is 5.82 Å². The van der Waals surface area contributed by atoms with E-state index in [1.807, 2.05) is 36.4 Å². The number of benzene rings is 1. The summed E-state index contributed by atoms with van der Waals surface area (Å²) < 4.78 is 0. The molecule has 0 saturated heterocycles. The Hall–Kier alpha value is -2.53. The highest BCUT2D eigenvalue weighted by atomic mass is 16.3. The Labute approximate surface area is 122 Å². The van der Waals surface area contributed by atoms with Crippen LogP contribution in [0, 0.1) is 0 Å². The Morgan fingerprint density at radius 1 is 1.10 bits per heavy atom. The number of rotatable bonds is 4. The van der Waals surface area contributed by atoms with Crippen LogP contribution >= 0.6 is 0 Å². The largest absolute Gasteiger partial charge is 0.392 e. The van der Waals surface area contributed by atoms with Gasteiger partial charge in [-0.3, -0.25) is 4.98 Å². The number of aromatic nitrogens is 3. The Morgan fingerprint density at radius 2 is 1.86 bits per heavy atom. The van der Waals surface area contributed by atoms with Gasteiger partial charge < -0.3 is 10.4 Å². The molecular weight excluding hydrogens is 264 g/mol. The number of nitrogens with one attached hydrogen (secondary N) is 1. The molecule has 2 aromatic heterocycles. The highest BCUT2D eigenvalue weighted by molar-refractivity contribution is 5.90.